The molecule has 0 aromatic heterocycles. The van der Waals surface area contributed by atoms with Crippen molar-refractivity contribution in [2.24, 2.45) is 16.8 Å². The molecular weight excluding hydrogens is 445 g/mol. The lowest BCUT2D eigenvalue weighted by Gasteiger charge is -2.21. The van der Waals surface area contributed by atoms with Crippen molar-refractivity contribution in [3.63, 3.8) is 0 Å². The van der Waals surface area contributed by atoms with E-state index in [1.807, 2.05) is 6.92 Å². The molecule has 26 heavy (non-hydrogen) atoms. The van der Waals surface area contributed by atoms with E-state index in [9.17, 15) is 4.79 Å². The number of halogens is 1. The molecule has 1 aliphatic rings. The number of hydrogen-bond acceptors (Lipinski definition) is 4. The van der Waals surface area contributed by atoms with E-state index < -0.39 is 0 Å². The van der Waals surface area contributed by atoms with Gasteiger partial charge in [0.2, 0.25) is 0 Å². The standard InChI is InChI=1S/C19H29N3O3.HI/c1-5-25-13-16-8-6-15(7-9-16)10-21-19(20-3)22-11-14(2)17(12-22)18(23)24-4;/h6-9,14,17H,5,10-13H2,1-4H3,(H,20,21);1H. The molecule has 0 saturated carbocycles. The molecule has 1 aromatic rings. The number of aliphatic imine (C=N–C) groups is 1. The summed E-state index contributed by atoms with van der Waals surface area (Å²) in [5, 5.41) is 3.38. The van der Waals surface area contributed by atoms with E-state index >= 15 is 0 Å². The molecule has 6 nitrogen and oxygen atoms in total. The maximum Gasteiger partial charge on any atom is 0.310 e. The summed E-state index contributed by atoms with van der Waals surface area (Å²) in [6.07, 6.45) is 0. The SMILES string of the molecule is CCOCc1ccc(CNC(=NC)N2CC(C)C(C(=O)OC)C2)cc1.I. The van der Waals surface area contributed by atoms with Gasteiger partial charge in [-0.2, -0.15) is 0 Å². The molecule has 7 heteroatoms. The molecule has 2 rings (SSSR count). The molecule has 1 aromatic carbocycles. The highest BCUT2D eigenvalue weighted by Crippen LogP contribution is 2.24. The van der Waals surface area contributed by atoms with Gasteiger partial charge in [0.25, 0.3) is 0 Å². The van der Waals surface area contributed by atoms with E-state index in [0.717, 1.165) is 19.1 Å². The van der Waals surface area contributed by atoms with Crippen LogP contribution in [0.25, 0.3) is 0 Å². The average molecular weight is 475 g/mol. The number of ether oxygens (including phenoxy) is 2. The van der Waals surface area contributed by atoms with Crippen molar-refractivity contribution in [2.45, 2.75) is 27.0 Å². The topological polar surface area (TPSA) is 63.2 Å². The van der Waals surface area contributed by atoms with E-state index in [2.05, 4.69) is 46.4 Å². The number of esters is 1. The number of methoxy groups -OCH3 is 1. The number of rotatable bonds is 6. The van der Waals surface area contributed by atoms with Crippen LogP contribution in [-0.4, -0.2) is 50.7 Å². The zero-order chi connectivity index (χ0) is 18.2. The predicted octanol–water partition coefficient (Wildman–Crippen LogP) is 2.66. The Bertz CT molecular complexity index is 592. The van der Waals surface area contributed by atoms with Gasteiger partial charge < -0.3 is 19.7 Å². The van der Waals surface area contributed by atoms with Crippen LogP contribution >= 0.6 is 24.0 Å². The first-order valence-electron chi connectivity index (χ1n) is 8.78. The zero-order valence-electron chi connectivity index (χ0n) is 16.0. The fourth-order valence-electron chi connectivity index (χ4n) is 3.08. The molecule has 2 unspecified atom stereocenters. The Morgan fingerprint density at radius 1 is 1.27 bits per heavy atom. The third-order valence-corrected chi connectivity index (χ3v) is 4.57. The monoisotopic (exact) mass is 475 g/mol. The van der Waals surface area contributed by atoms with Crippen molar-refractivity contribution >= 4 is 35.9 Å². The summed E-state index contributed by atoms with van der Waals surface area (Å²) >= 11 is 0. The van der Waals surface area contributed by atoms with E-state index in [0.29, 0.717) is 19.7 Å². The molecule has 1 aliphatic heterocycles. The Labute approximate surface area is 173 Å². The van der Waals surface area contributed by atoms with Gasteiger partial charge in [-0.15, -0.1) is 24.0 Å². The van der Waals surface area contributed by atoms with Crippen LogP contribution in [0.2, 0.25) is 0 Å². The van der Waals surface area contributed by atoms with Crippen LogP contribution in [0, 0.1) is 11.8 Å². The Hall–Kier alpha value is -1.35. The van der Waals surface area contributed by atoms with Gasteiger partial charge in [-0.1, -0.05) is 31.2 Å². The van der Waals surface area contributed by atoms with Gasteiger partial charge in [-0.3, -0.25) is 9.79 Å². The number of carbonyl (C=O) groups excluding carboxylic acids is 1. The minimum atomic E-state index is -0.143. The van der Waals surface area contributed by atoms with Crippen LogP contribution in [0.4, 0.5) is 0 Å². The Balaban J connectivity index is 0.00000338. The van der Waals surface area contributed by atoms with Crippen molar-refractivity contribution in [3.8, 4) is 0 Å². The molecule has 0 bridgehead atoms. The van der Waals surface area contributed by atoms with Gasteiger partial charge in [0.15, 0.2) is 5.96 Å². The van der Waals surface area contributed by atoms with E-state index in [-0.39, 0.29) is 41.8 Å². The van der Waals surface area contributed by atoms with Crippen LogP contribution < -0.4 is 5.32 Å². The van der Waals surface area contributed by atoms with Gasteiger partial charge in [-0.25, -0.2) is 0 Å². The smallest absolute Gasteiger partial charge is 0.310 e. The van der Waals surface area contributed by atoms with Crippen molar-refractivity contribution in [1.82, 2.24) is 10.2 Å². The molecule has 1 N–H and O–H groups in total. The summed E-state index contributed by atoms with van der Waals surface area (Å²) in [6.45, 7) is 7.57. The first kappa shape index (κ1) is 22.7. The van der Waals surface area contributed by atoms with Crippen molar-refractivity contribution < 1.29 is 14.3 Å². The molecule has 2 atom stereocenters. The summed E-state index contributed by atoms with van der Waals surface area (Å²) in [5.74, 6) is 0.831. The van der Waals surface area contributed by atoms with Crippen LogP contribution in [-0.2, 0) is 27.4 Å². The molecule has 0 aliphatic carbocycles. The zero-order valence-corrected chi connectivity index (χ0v) is 18.4. The van der Waals surface area contributed by atoms with Crippen LogP contribution in [0.5, 0.6) is 0 Å². The Kier molecular flexibility index (Phi) is 9.93. The lowest BCUT2D eigenvalue weighted by Crippen LogP contribution is -2.40. The number of likely N-dealkylation sites (tertiary alicyclic amines) is 1. The lowest BCUT2D eigenvalue weighted by molar-refractivity contribution is -0.145. The van der Waals surface area contributed by atoms with Gasteiger partial charge in [0.05, 0.1) is 19.6 Å². The fourth-order valence-corrected chi connectivity index (χ4v) is 3.08. The molecule has 0 radical (unpaired) electrons. The highest BCUT2D eigenvalue weighted by molar-refractivity contribution is 14.0. The fraction of sp³-hybridized carbons (Fsp3) is 0.579. The van der Waals surface area contributed by atoms with Crippen LogP contribution in [0.15, 0.2) is 29.3 Å². The minimum absolute atomic E-state index is 0. The Morgan fingerprint density at radius 3 is 2.50 bits per heavy atom. The lowest BCUT2D eigenvalue weighted by atomic mass is 9.99. The van der Waals surface area contributed by atoms with Gasteiger partial charge in [0, 0.05) is 33.3 Å². The highest BCUT2D eigenvalue weighted by atomic mass is 127. The third-order valence-electron chi connectivity index (χ3n) is 4.57. The number of hydrogen-bond donors (Lipinski definition) is 1. The van der Waals surface area contributed by atoms with Crippen LogP contribution in [0.3, 0.4) is 0 Å². The molecule has 1 saturated heterocycles. The van der Waals surface area contributed by atoms with Crippen molar-refractivity contribution in [1.29, 1.82) is 0 Å². The summed E-state index contributed by atoms with van der Waals surface area (Å²) in [4.78, 5) is 18.3. The van der Waals surface area contributed by atoms with E-state index in [1.54, 1.807) is 7.05 Å². The Morgan fingerprint density at radius 2 is 1.92 bits per heavy atom. The van der Waals surface area contributed by atoms with Gasteiger partial charge >= 0.3 is 5.97 Å². The third kappa shape index (κ3) is 6.12. The second-order valence-corrected chi connectivity index (χ2v) is 6.37. The van der Waals surface area contributed by atoms with Crippen LogP contribution in [0.1, 0.15) is 25.0 Å². The van der Waals surface area contributed by atoms with Crippen molar-refractivity contribution in [3.05, 3.63) is 35.4 Å². The van der Waals surface area contributed by atoms with Gasteiger partial charge in [0.1, 0.15) is 0 Å². The van der Waals surface area contributed by atoms with E-state index in [1.165, 1.54) is 18.2 Å². The molecule has 146 valence electrons. The number of nitrogens with zero attached hydrogens (tertiary/aromatic N) is 2. The molecule has 0 amide bonds. The molecule has 1 fully saturated rings. The summed E-state index contributed by atoms with van der Waals surface area (Å²) in [5.41, 5.74) is 2.35. The molecular formula is C19H30IN3O3. The highest BCUT2D eigenvalue weighted by Gasteiger charge is 2.36. The second-order valence-electron chi connectivity index (χ2n) is 6.37. The first-order chi connectivity index (χ1) is 12.1. The summed E-state index contributed by atoms with van der Waals surface area (Å²) < 4.78 is 10.3. The van der Waals surface area contributed by atoms with Gasteiger partial charge in [-0.05, 0) is 24.0 Å². The molecule has 0 spiro atoms. The van der Waals surface area contributed by atoms with E-state index in [4.69, 9.17) is 9.47 Å². The quantitative estimate of drug-likeness (QED) is 0.297. The largest absolute Gasteiger partial charge is 0.469 e. The first-order valence-corrected chi connectivity index (χ1v) is 8.78. The second kappa shape index (κ2) is 11.4. The number of benzene rings is 1. The number of guanidine groups is 1. The summed E-state index contributed by atoms with van der Waals surface area (Å²) in [7, 11) is 3.21. The maximum atomic E-state index is 11.8. The minimum Gasteiger partial charge on any atom is -0.469 e. The molecule has 1 heterocycles. The predicted molar refractivity (Wildman–Crippen MR) is 114 cm³/mol. The normalized spacial score (nSPS) is 19.8. The van der Waals surface area contributed by atoms with Crippen molar-refractivity contribution in [2.75, 3.05) is 33.9 Å². The summed E-state index contributed by atoms with van der Waals surface area (Å²) in [6, 6.07) is 8.36. The number of carbonyl (C=O) groups is 1. The maximum absolute atomic E-state index is 11.8. The number of nitrogens with one attached hydrogen (secondary N) is 1. The average Bonchev–Trinajstić information content (AvgIpc) is 3.02.